The summed E-state index contributed by atoms with van der Waals surface area (Å²) in [5.41, 5.74) is 1.85. The van der Waals surface area contributed by atoms with Crippen molar-refractivity contribution in [1.82, 2.24) is 9.66 Å². The Morgan fingerprint density at radius 3 is 2.64 bits per heavy atom. The molecule has 0 saturated heterocycles. The van der Waals surface area contributed by atoms with Gasteiger partial charge in [-0.05, 0) is 36.8 Å². The van der Waals surface area contributed by atoms with Crippen molar-refractivity contribution >= 4 is 17.1 Å². The van der Waals surface area contributed by atoms with Crippen LogP contribution in [0.5, 0.6) is 0 Å². The second kappa shape index (κ2) is 5.62. The minimum atomic E-state index is -0.201. The molecule has 0 saturated carbocycles. The van der Waals surface area contributed by atoms with E-state index in [0.29, 0.717) is 22.3 Å². The molecule has 1 heterocycles. The molecule has 5 heteroatoms. The van der Waals surface area contributed by atoms with Gasteiger partial charge in [0.1, 0.15) is 5.82 Å². The largest absolute Gasteiger partial charge is 0.282 e. The van der Waals surface area contributed by atoms with E-state index in [9.17, 15) is 4.79 Å². The fourth-order valence-corrected chi connectivity index (χ4v) is 2.14. The third-order valence-corrected chi connectivity index (χ3v) is 3.28. The molecule has 2 aromatic carbocycles. The lowest BCUT2D eigenvalue weighted by Gasteiger charge is -2.05. The monoisotopic (exact) mass is 288 g/mol. The summed E-state index contributed by atoms with van der Waals surface area (Å²) in [6.07, 6.45) is 1.58. The molecule has 0 aliphatic rings. The van der Waals surface area contributed by atoms with E-state index in [1.165, 1.54) is 4.68 Å². The number of benzene rings is 2. The predicted octanol–water partition coefficient (Wildman–Crippen LogP) is 2.46. The predicted molar refractivity (Wildman–Crippen MR) is 84.9 cm³/mol. The lowest BCUT2D eigenvalue weighted by molar-refractivity contribution is 0.771. The molecule has 0 amide bonds. The summed E-state index contributed by atoms with van der Waals surface area (Å²) in [5.74, 6) is 0.522. The van der Waals surface area contributed by atoms with Crippen LogP contribution in [0.2, 0.25) is 0 Å². The number of nitrogens with zero attached hydrogens (tertiary/aromatic N) is 4. The Balaban J connectivity index is 2.04. The molecular formula is C17H12N4O. The number of aromatic nitrogens is 2. The third-order valence-electron chi connectivity index (χ3n) is 3.28. The Morgan fingerprint density at radius 2 is 1.91 bits per heavy atom. The van der Waals surface area contributed by atoms with Crippen LogP contribution in [0.15, 0.2) is 58.4 Å². The first-order valence-electron chi connectivity index (χ1n) is 6.72. The molecular weight excluding hydrogens is 276 g/mol. The van der Waals surface area contributed by atoms with Crippen molar-refractivity contribution in [3.8, 4) is 6.07 Å². The number of para-hydroxylation sites is 1. The summed E-state index contributed by atoms with van der Waals surface area (Å²) in [6, 6.07) is 16.2. The first kappa shape index (κ1) is 13.7. The molecule has 5 nitrogen and oxygen atoms in total. The van der Waals surface area contributed by atoms with E-state index in [1.807, 2.05) is 6.07 Å². The van der Waals surface area contributed by atoms with Crippen LogP contribution in [0, 0.1) is 18.3 Å². The number of fused-ring (bicyclic) bond motifs is 1. The second-order valence-corrected chi connectivity index (χ2v) is 4.77. The van der Waals surface area contributed by atoms with Crippen LogP contribution in [0.3, 0.4) is 0 Å². The zero-order valence-corrected chi connectivity index (χ0v) is 11.9. The van der Waals surface area contributed by atoms with Gasteiger partial charge in [0.15, 0.2) is 0 Å². The fraction of sp³-hybridized carbons (Fsp3) is 0.0588. The van der Waals surface area contributed by atoms with Crippen LogP contribution in [0.25, 0.3) is 10.9 Å². The van der Waals surface area contributed by atoms with Crippen molar-refractivity contribution in [1.29, 1.82) is 5.26 Å². The first-order valence-corrected chi connectivity index (χ1v) is 6.72. The molecule has 1 aromatic heterocycles. The number of hydrogen-bond acceptors (Lipinski definition) is 4. The summed E-state index contributed by atoms with van der Waals surface area (Å²) < 4.78 is 1.28. The molecule has 3 rings (SSSR count). The van der Waals surface area contributed by atoms with Gasteiger partial charge < -0.3 is 0 Å². The van der Waals surface area contributed by atoms with E-state index in [4.69, 9.17) is 5.26 Å². The maximum atomic E-state index is 12.4. The van der Waals surface area contributed by atoms with Gasteiger partial charge in [0.2, 0.25) is 0 Å². The maximum Gasteiger partial charge on any atom is 0.282 e. The van der Waals surface area contributed by atoms with Crippen molar-refractivity contribution in [3.63, 3.8) is 0 Å². The SMILES string of the molecule is Cc1nc2ccccc2c(=O)n1N=Cc1ccc(C#N)cc1. The van der Waals surface area contributed by atoms with E-state index in [2.05, 4.69) is 16.2 Å². The Bertz CT molecular complexity index is 963. The van der Waals surface area contributed by atoms with Crippen LogP contribution >= 0.6 is 0 Å². The Hall–Kier alpha value is -3.26. The van der Waals surface area contributed by atoms with Crippen molar-refractivity contribution < 1.29 is 0 Å². The third kappa shape index (κ3) is 2.50. The van der Waals surface area contributed by atoms with E-state index >= 15 is 0 Å². The second-order valence-electron chi connectivity index (χ2n) is 4.77. The number of hydrogen-bond donors (Lipinski definition) is 0. The summed E-state index contributed by atoms with van der Waals surface area (Å²) in [5, 5.41) is 13.5. The lowest BCUT2D eigenvalue weighted by Crippen LogP contribution is -2.20. The number of aryl methyl sites for hydroxylation is 1. The Labute approximate surface area is 126 Å². The highest BCUT2D eigenvalue weighted by Crippen LogP contribution is 2.07. The molecule has 0 aliphatic heterocycles. The van der Waals surface area contributed by atoms with Gasteiger partial charge in [0.25, 0.3) is 5.56 Å². The molecule has 3 aromatic rings. The van der Waals surface area contributed by atoms with Gasteiger partial charge in [0, 0.05) is 0 Å². The molecule has 0 aliphatic carbocycles. The van der Waals surface area contributed by atoms with Crippen LogP contribution < -0.4 is 5.56 Å². The Kier molecular flexibility index (Phi) is 3.50. The quantitative estimate of drug-likeness (QED) is 0.680. The average molecular weight is 288 g/mol. The van der Waals surface area contributed by atoms with Crippen molar-refractivity contribution in [2.75, 3.05) is 0 Å². The summed E-state index contributed by atoms with van der Waals surface area (Å²) in [4.78, 5) is 16.8. The molecule has 0 bridgehead atoms. The Morgan fingerprint density at radius 1 is 1.18 bits per heavy atom. The maximum absolute atomic E-state index is 12.4. The van der Waals surface area contributed by atoms with E-state index in [1.54, 1.807) is 55.6 Å². The molecule has 0 unspecified atom stereocenters. The standard InChI is InChI=1S/C17H12N4O/c1-12-20-16-5-3-2-4-15(16)17(22)21(12)19-11-14-8-6-13(10-18)7-9-14/h2-9,11H,1H3. The smallest absolute Gasteiger partial charge is 0.267 e. The van der Waals surface area contributed by atoms with Crippen LogP contribution in [0.4, 0.5) is 0 Å². The van der Waals surface area contributed by atoms with Gasteiger partial charge in [-0.1, -0.05) is 24.3 Å². The summed E-state index contributed by atoms with van der Waals surface area (Å²) >= 11 is 0. The topological polar surface area (TPSA) is 71.0 Å². The van der Waals surface area contributed by atoms with Gasteiger partial charge in [0.05, 0.1) is 28.8 Å². The van der Waals surface area contributed by atoms with Crippen LogP contribution in [-0.4, -0.2) is 15.9 Å². The molecule has 0 spiro atoms. The summed E-state index contributed by atoms with van der Waals surface area (Å²) in [6.45, 7) is 1.74. The number of rotatable bonds is 2. The van der Waals surface area contributed by atoms with E-state index in [-0.39, 0.29) is 5.56 Å². The lowest BCUT2D eigenvalue weighted by atomic mass is 10.2. The van der Waals surface area contributed by atoms with Crippen molar-refractivity contribution in [3.05, 3.63) is 75.8 Å². The van der Waals surface area contributed by atoms with Crippen molar-refractivity contribution in [2.24, 2.45) is 5.10 Å². The first-order chi connectivity index (χ1) is 10.7. The average Bonchev–Trinajstić information content (AvgIpc) is 2.55. The van der Waals surface area contributed by atoms with Gasteiger partial charge in [-0.3, -0.25) is 4.79 Å². The van der Waals surface area contributed by atoms with Gasteiger partial charge in [-0.2, -0.15) is 15.0 Å². The van der Waals surface area contributed by atoms with Crippen LogP contribution in [-0.2, 0) is 0 Å². The zero-order chi connectivity index (χ0) is 15.5. The molecule has 0 fully saturated rings. The fourth-order valence-electron chi connectivity index (χ4n) is 2.14. The molecule has 106 valence electrons. The van der Waals surface area contributed by atoms with Gasteiger partial charge in [-0.15, -0.1) is 0 Å². The highest BCUT2D eigenvalue weighted by Gasteiger charge is 2.06. The highest BCUT2D eigenvalue weighted by molar-refractivity contribution is 5.80. The number of nitriles is 1. The van der Waals surface area contributed by atoms with E-state index < -0.39 is 0 Å². The van der Waals surface area contributed by atoms with Crippen molar-refractivity contribution in [2.45, 2.75) is 6.92 Å². The van der Waals surface area contributed by atoms with Gasteiger partial charge in [-0.25, -0.2) is 4.98 Å². The molecule has 22 heavy (non-hydrogen) atoms. The summed E-state index contributed by atoms with van der Waals surface area (Å²) in [7, 11) is 0. The van der Waals surface area contributed by atoms with Crippen LogP contribution in [0.1, 0.15) is 17.0 Å². The normalized spacial score (nSPS) is 10.9. The van der Waals surface area contributed by atoms with E-state index in [0.717, 1.165) is 5.56 Å². The molecule has 0 radical (unpaired) electrons. The van der Waals surface area contributed by atoms with Gasteiger partial charge >= 0.3 is 0 Å². The minimum absolute atomic E-state index is 0.201. The minimum Gasteiger partial charge on any atom is -0.267 e. The zero-order valence-electron chi connectivity index (χ0n) is 11.9. The molecule has 0 atom stereocenters. The highest BCUT2D eigenvalue weighted by atomic mass is 16.1. The molecule has 0 N–H and O–H groups in total.